The maximum Gasteiger partial charge on any atom is 0.177 e. The van der Waals surface area contributed by atoms with Crippen molar-refractivity contribution in [2.45, 2.75) is 6.61 Å². The molecule has 0 atom stereocenters. The SMILES string of the molecule is [c]1noc2c1COc1ccccc1-2. The summed E-state index contributed by atoms with van der Waals surface area (Å²) in [6.07, 6.45) is 2.76. The van der Waals surface area contributed by atoms with Crippen LogP contribution in [0, 0.1) is 6.20 Å². The second-order valence-electron chi connectivity index (χ2n) is 2.89. The van der Waals surface area contributed by atoms with E-state index in [0.717, 1.165) is 22.6 Å². The fourth-order valence-electron chi connectivity index (χ4n) is 1.47. The lowest BCUT2D eigenvalue weighted by Gasteiger charge is -2.14. The number of rotatable bonds is 0. The summed E-state index contributed by atoms with van der Waals surface area (Å²) in [5.74, 6) is 1.63. The van der Waals surface area contributed by atoms with E-state index in [4.69, 9.17) is 9.26 Å². The van der Waals surface area contributed by atoms with E-state index in [9.17, 15) is 0 Å². The van der Waals surface area contributed by atoms with Gasteiger partial charge in [-0.3, -0.25) is 0 Å². The van der Waals surface area contributed by atoms with Crippen molar-refractivity contribution in [3.63, 3.8) is 0 Å². The van der Waals surface area contributed by atoms with Crippen LogP contribution in [0.1, 0.15) is 5.56 Å². The summed E-state index contributed by atoms with van der Waals surface area (Å²) in [4.78, 5) is 0. The number of hydrogen-bond donors (Lipinski definition) is 0. The number of ether oxygens (including phenoxy) is 1. The molecule has 1 radical (unpaired) electrons. The molecule has 0 bridgehead atoms. The van der Waals surface area contributed by atoms with Gasteiger partial charge in [0.05, 0.1) is 11.1 Å². The van der Waals surface area contributed by atoms with Gasteiger partial charge in [0.25, 0.3) is 0 Å². The summed E-state index contributed by atoms with van der Waals surface area (Å²) in [5.41, 5.74) is 1.84. The van der Waals surface area contributed by atoms with E-state index in [0.29, 0.717) is 6.61 Å². The minimum atomic E-state index is 0.496. The van der Waals surface area contributed by atoms with Crippen LogP contribution < -0.4 is 4.74 Å². The third kappa shape index (κ3) is 0.869. The van der Waals surface area contributed by atoms with Crippen molar-refractivity contribution in [3.05, 3.63) is 36.0 Å². The van der Waals surface area contributed by atoms with Gasteiger partial charge in [-0.2, -0.15) is 0 Å². The standard InChI is InChI=1S/C10H6NO2/c1-2-4-9-8(3-1)10-7(6-12-9)5-11-13-10/h1-4H,6H2. The van der Waals surface area contributed by atoms with Crippen molar-refractivity contribution < 1.29 is 9.26 Å². The topological polar surface area (TPSA) is 35.3 Å². The van der Waals surface area contributed by atoms with E-state index in [1.165, 1.54) is 0 Å². The molecule has 2 aromatic rings. The highest BCUT2D eigenvalue weighted by Gasteiger charge is 2.20. The number of aromatic nitrogens is 1. The fraction of sp³-hybridized carbons (Fsp3) is 0.100. The number of fused-ring (bicyclic) bond motifs is 3. The Balaban J connectivity index is 2.30. The molecule has 0 fully saturated rings. The third-order valence-electron chi connectivity index (χ3n) is 2.10. The molecule has 0 saturated carbocycles. The summed E-state index contributed by atoms with van der Waals surface area (Å²) >= 11 is 0. The predicted octanol–water partition coefficient (Wildman–Crippen LogP) is 2.03. The van der Waals surface area contributed by atoms with Crippen LogP contribution in [0.5, 0.6) is 5.75 Å². The maximum atomic E-state index is 5.48. The third-order valence-corrected chi connectivity index (χ3v) is 2.10. The van der Waals surface area contributed by atoms with Gasteiger partial charge >= 0.3 is 0 Å². The Morgan fingerprint density at radius 1 is 1.31 bits per heavy atom. The first-order valence-corrected chi connectivity index (χ1v) is 4.03. The van der Waals surface area contributed by atoms with E-state index in [-0.39, 0.29) is 0 Å². The first-order valence-electron chi connectivity index (χ1n) is 4.03. The van der Waals surface area contributed by atoms with Gasteiger partial charge in [-0.1, -0.05) is 17.3 Å². The molecule has 0 aliphatic carbocycles. The van der Waals surface area contributed by atoms with Crippen molar-refractivity contribution in [1.29, 1.82) is 0 Å². The molecular formula is C10H6NO2. The molecule has 2 heterocycles. The van der Waals surface area contributed by atoms with Crippen LogP contribution in [0.2, 0.25) is 0 Å². The van der Waals surface area contributed by atoms with Crippen LogP contribution in [0.3, 0.4) is 0 Å². The Morgan fingerprint density at radius 3 is 3.23 bits per heavy atom. The number of benzene rings is 1. The summed E-state index contributed by atoms with van der Waals surface area (Å²) in [7, 11) is 0. The lowest BCUT2D eigenvalue weighted by atomic mass is 10.1. The van der Waals surface area contributed by atoms with Crippen LogP contribution in [-0.2, 0) is 6.61 Å². The monoisotopic (exact) mass is 172 g/mol. The van der Waals surface area contributed by atoms with Crippen molar-refractivity contribution in [2.75, 3.05) is 0 Å². The highest BCUT2D eigenvalue weighted by atomic mass is 16.5. The molecule has 63 valence electrons. The zero-order valence-corrected chi connectivity index (χ0v) is 6.78. The number of hydrogen-bond acceptors (Lipinski definition) is 3. The largest absolute Gasteiger partial charge is 0.488 e. The lowest BCUT2D eigenvalue weighted by Crippen LogP contribution is -2.02. The molecule has 0 spiro atoms. The maximum absolute atomic E-state index is 5.48. The van der Waals surface area contributed by atoms with Crippen LogP contribution in [0.25, 0.3) is 11.3 Å². The highest BCUT2D eigenvalue weighted by molar-refractivity contribution is 5.69. The summed E-state index contributed by atoms with van der Waals surface area (Å²) in [6.45, 7) is 0.496. The Labute approximate surface area is 74.9 Å². The molecule has 1 aliphatic rings. The van der Waals surface area contributed by atoms with Crippen molar-refractivity contribution in [1.82, 2.24) is 5.16 Å². The molecule has 3 heteroatoms. The van der Waals surface area contributed by atoms with E-state index >= 15 is 0 Å². The van der Waals surface area contributed by atoms with E-state index in [1.807, 2.05) is 24.3 Å². The average molecular weight is 172 g/mol. The second kappa shape index (κ2) is 2.36. The average Bonchev–Trinajstić information content (AvgIpc) is 2.65. The Bertz CT molecular complexity index is 448. The first kappa shape index (κ1) is 6.71. The first-order chi connectivity index (χ1) is 6.45. The molecule has 0 N–H and O–H groups in total. The zero-order chi connectivity index (χ0) is 8.67. The van der Waals surface area contributed by atoms with Gasteiger partial charge in [-0.25, -0.2) is 0 Å². The Hall–Kier alpha value is -1.77. The highest BCUT2D eigenvalue weighted by Crippen LogP contribution is 2.36. The second-order valence-corrected chi connectivity index (χ2v) is 2.89. The van der Waals surface area contributed by atoms with Gasteiger partial charge in [-0.05, 0) is 12.1 Å². The zero-order valence-electron chi connectivity index (χ0n) is 6.78. The molecule has 3 rings (SSSR count). The van der Waals surface area contributed by atoms with Gasteiger partial charge in [0, 0.05) is 0 Å². The molecule has 13 heavy (non-hydrogen) atoms. The fourth-order valence-corrected chi connectivity index (χ4v) is 1.47. The molecule has 1 aromatic heterocycles. The van der Waals surface area contributed by atoms with Gasteiger partial charge in [0.2, 0.25) is 0 Å². The van der Waals surface area contributed by atoms with Gasteiger partial charge in [0.15, 0.2) is 5.76 Å². The summed E-state index contributed by atoms with van der Waals surface area (Å²) in [6, 6.07) is 7.75. The Morgan fingerprint density at radius 2 is 2.23 bits per heavy atom. The van der Waals surface area contributed by atoms with Crippen LogP contribution in [0.4, 0.5) is 0 Å². The van der Waals surface area contributed by atoms with Crippen LogP contribution in [0.15, 0.2) is 28.8 Å². The van der Waals surface area contributed by atoms with E-state index < -0.39 is 0 Å². The van der Waals surface area contributed by atoms with Crippen LogP contribution in [-0.4, -0.2) is 5.16 Å². The summed E-state index contributed by atoms with van der Waals surface area (Å²) < 4.78 is 10.6. The van der Waals surface area contributed by atoms with Gasteiger partial charge in [-0.15, -0.1) is 0 Å². The number of nitrogens with zero attached hydrogens (tertiary/aromatic N) is 1. The predicted molar refractivity (Wildman–Crippen MR) is 45.1 cm³/mol. The molecule has 0 saturated heterocycles. The minimum Gasteiger partial charge on any atom is -0.488 e. The molecule has 1 aromatic carbocycles. The van der Waals surface area contributed by atoms with Crippen molar-refractivity contribution >= 4 is 0 Å². The normalized spacial score (nSPS) is 12.9. The quantitative estimate of drug-likeness (QED) is 0.609. The molecule has 3 nitrogen and oxygen atoms in total. The van der Waals surface area contributed by atoms with Crippen LogP contribution >= 0.6 is 0 Å². The van der Waals surface area contributed by atoms with Crippen molar-refractivity contribution in [2.24, 2.45) is 0 Å². The minimum absolute atomic E-state index is 0.496. The molecular weight excluding hydrogens is 166 g/mol. The summed E-state index contributed by atoms with van der Waals surface area (Å²) in [5, 5.41) is 3.62. The molecule has 1 aliphatic heterocycles. The van der Waals surface area contributed by atoms with Gasteiger partial charge in [0.1, 0.15) is 18.6 Å². The Kier molecular flexibility index (Phi) is 1.22. The molecule has 0 amide bonds. The van der Waals surface area contributed by atoms with E-state index in [1.54, 1.807) is 0 Å². The van der Waals surface area contributed by atoms with E-state index in [2.05, 4.69) is 11.4 Å². The van der Waals surface area contributed by atoms with Crippen molar-refractivity contribution in [3.8, 4) is 17.1 Å². The van der Waals surface area contributed by atoms with Gasteiger partial charge < -0.3 is 9.26 Å². The lowest BCUT2D eigenvalue weighted by molar-refractivity contribution is 0.297. The number of para-hydroxylation sites is 1. The molecule has 0 unspecified atom stereocenters. The smallest absolute Gasteiger partial charge is 0.177 e.